The molecule has 5 rings (SSSR count). The molecule has 3 aromatic rings. The molecular weight excluding hydrogens is 421 g/mol. The van der Waals surface area contributed by atoms with Gasteiger partial charge in [-0.1, -0.05) is 0 Å². The first-order valence-corrected chi connectivity index (χ1v) is 10.5. The van der Waals surface area contributed by atoms with E-state index in [2.05, 4.69) is 20.5 Å². The first kappa shape index (κ1) is 20.7. The summed E-state index contributed by atoms with van der Waals surface area (Å²) < 4.78 is 38.2. The Bertz CT molecular complexity index is 1180. The zero-order valence-electron chi connectivity index (χ0n) is 17.8. The maximum Gasteiger partial charge on any atom is 0.401 e. The number of amides is 2. The minimum atomic E-state index is -4.24. The molecule has 0 spiro atoms. The van der Waals surface area contributed by atoms with E-state index in [9.17, 15) is 18.0 Å². The van der Waals surface area contributed by atoms with E-state index in [1.54, 1.807) is 4.90 Å². The summed E-state index contributed by atoms with van der Waals surface area (Å²) in [6, 6.07) is 7.28. The number of aryl methyl sites for hydroxylation is 2. The van der Waals surface area contributed by atoms with Crippen LogP contribution in [0.2, 0.25) is 0 Å². The fourth-order valence-corrected chi connectivity index (χ4v) is 4.75. The summed E-state index contributed by atoms with van der Waals surface area (Å²) in [4.78, 5) is 20.1. The Labute approximate surface area is 182 Å². The van der Waals surface area contributed by atoms with E-state index < -0.39 is 12.7 Å². The van der Waals surface area contributed by atoms with Crippen LogP contribution in [0.15, 0.2) is 24.3 Å². The maximum atomic E-state index is 12.7. The van der Waals surface area contributed by atoms with Gasteiger partial charge in [-0.05, 0) is 50.1 Å². The van der Waals surface area contributed by atoms with Crippen molar-refractivity contribution in [3.8, 4) is 11.3 Å². The molecule has 2 aromatic heterocycles. The van der Waals surface area contributed by atoms with Crippen molar-refractivity contribution >= 4 is 22.6 Å². The Morgan fingerprint density at radius 2 is 1.91 bits per heavy atom. The van der Waals surface area contributed by atoms with Crippen LogP contribution in [0.1, 0.15) is 23.4 Å². The fourth-order valence-electron chi connectivity index (χ4n) is 4.75. The van der Waals surface area contributed by atoms with Gasteiger partial charge in [-0.25, -0.2) is 4.79 Å². The predicted octanol–water partition coefficient (Wildman–Crippen LogP) is 4.23. The van der Waals surface area contributed by atoms with Crippen molar-refractivity contribution in [2.45, 2.75) is 39.0 Å². The van der Waals surface area contributed by atoms with Gasteiger partial charge in [-0.2, -0.15) is 18.3 Å². The third kappa shape index (κ3) is 3.90. The summed E-state index contributed by atoms with van der Waals surface area (Å²) in [6.07, 6.45) is -3.72. The third-order valence-electron chi connectivity index (χ3n) is 6.08. The molecule has 1 fully saturated rings. The second-order valence-corrected chi connectivity index (χ2v) is 8.62. The average Bonchev–Trinajstić information content (AvgIpc) is 3.30. The highest BCUT2D eigenvalue weighted by Gasteiger charge is 2.38. The lowest BCUT2D eigenvalue weighted by Crippen LogP contribution is -2.46. The first-order valence-electron chi connectivity index (χ1n) is 10.5. The number of anilines is 1. The molecule has 2 N–H and O–H groups in total. The van der Waals surface area contributed by atoms with Gasteiger partial charge < -0.3 is 10.2 Å². The number of rotatable bonds is 3. The van der Waals surface area contributed by atoms with E-state index in [4.69, 9.17) is 0 Å². The van der Waals surface area contributed by atoms with Crippen molar-refractivity contribution in [3.05, 3.63) is 41.2 Å². The van der Waals surface area contributed by atoms with Crippen molar-refractivity contribution in [1.29, 1.82) is 0 Å². The number of aromatic amines is 1. The zero-order chi connectivity index (χ0) is 22.6. The van der Waals surface area contributed by atoms with E-state index in [1.807, 2.05) is 38.1 Å². The number of nitrogens with one attached hydrogen (secondary N) is 2. The number of hydrogen-bond donors (Lipinski definition) is 2. The van der Waals surface area contributed by atoms with Gasteiger partial charge in [0.1, 0.15) is 5.69 Å². The van der Waals surface area contributed by atoms with E-state index in [0.717, 1.165) is 39.1 Å². The molecule has 32 heavy (non-hydrogen) atoms. The van der Waals surface area contributed by atoms with E-state index in [1.165, 1.54) is 4.90 Å². The molecule has 0 bridgehead atoms. The third-order valence-corrected chi connectivity index (χ3v) is 6.08. The number of pyridine rings is 1. The van der Waals surface area contributed by atoms with Crippen molar-refractivity contribution in [2.75, 3.05) is 25.0 Å². The van der Waals surface area contributed by atoms with Gasteiger partial charge in [0.2, 0.25) is 0 Å². The van der Waals surface area contributed by atoms with Gasteiger partial charge in [0.05, 0.1) is 12.1 Å². The van der Waals surface area contributed by atoms with Crippen LogP contribution in [0.4, 0.5) is 23.7 Å². The molecule has 10 heteroatoms. The number of carbonyl (C=O) groups excluding carboxylic acids is 1. The van der Waals surface area contributed by atoms with Crippen molar-refractivity contribution < 1.29 is 18.0 Å². The number of H-pyrrole nitrogens is 1. The molecule has 4 heterocycles. The van der Waals surface area contributed by atoms with Gasteiger partial charge in [0.15, 0.2) is 0 Å². The predicted molar refractivity (Wildman–Crippen MR) is 114 cm³/mol. The lowest BCUT2D eigenvalue weighted by Gasteiger charge is -2.34. The Morgan fingerprint density at radius 1 is 1.16 bits per heavy atom. The van der Waals surface area contributed by atoms with E-state index >= 15 is 0 Å². The molecule has 0 saturated carbocycles. The standard InChI is InChI=1S/C22H23F3N6O/c1-12-5-14(6-13(2)26-12)20-17-7-15-9-31(16-3-4-30(10-16)11-22(23,24)25)21(32)27-18(15)8-19(17)28-29-20/h5-8,16H,3-4,9-11H2,1-2H3,(H,27,32)(H,28,29)/t16-/m1/s1. The number of carbonyl (C=O) groups is 1. The Hall–Kier alpha value is -3.14. The number of hydrogen-bond acceptors (Lipinski definition) is 4. The monoisotopic (exact) mass is 444 g/mol. The Morgan fingerprint density at radius 3 is 2.62 bits per heavy atom. The number of urea groups is 1. The van der Waals surface area contributed by atoms with Crippen LogP contribution in [0.5, 0.6) is 0 Å². The van der Waals surface area contributed by atoms with Gasteiger partial charge in [-0.15, -0.1) is 0 Å². The van der Waals surface area contributed by atoms with Crippen molar-refractivity contribution in [2.24, 2.45) is 0 Å². The molecule has 1 saturated heterocycles. The normalized spacial score (nSPS) is 19.5. The molecule has 1 aromatic carbocycles. The summed E-state index contributed by atoms with van der Waals surface area (Å²) in [6.45, 7) is 3.82. The van der Waals surface area contributed by atoms with Gasteiger partial charge in [0.25, 0.3) is 0 Å². The SMILES string of the molecule is Cc1cc(-c2n[nH]c3cc4c(cc23)CN([C@@H]2CCN(CC(F)(F)F)C2)C(=O)N4)cc(C)n1. The Balaban J connectivity index is 1.44. The number of fused-ring (bicyclic) bond motifs is 2. The molecule has 168 valence electrons. The maximum absolute atomic E-state index is 12.7. The lowest BCUT2D eigenvalue weighted by molar-refractivity contribution is -0.143. The first-order chi connectivity index (χ1) is 15.2. The molecule has 7 nitrogen and oxygen atoms in total. The Kier molecular flexibility index (Phi) is 4.85. The largest absolute Gasteiger partial charge is 0.401 e. The van der Waals surface area contributed by atoms with Crippen molar-refractivity contribution in [3.63, 3.8) is 0 Å². The number of halogens is 3. The van der Waals surface area contributed by atoms with Crippen LogP contribution >= 0.6 is 0 Å². The summed E-state index contributed by atoms with van der Waals surface area (Å²) in [5.41, 5.74) is 5.97. The van der Waals surface area contributed by atoms with Gasteiger partial charge in [0, 0.05) is 53.7 Å². The number of likely N-dealkylation sites (tertiary alicyclic amines) is 1. The van der Waals surface area contributed by atoms with Gasteiger partial charge >= 0.3 is 12.2 Å². The van der Waals surface area contributed by atoms with Crippen LogP contribution in [0, 0.1) is 13.8 Å². The highest BCUT2D eigenvalue weighted by molar-refractivity contribution is 6.00. The minimum Gasteiger partial charge on any atom is -0.316 e. The van der Waals surface area contributed by atoms with Crippen LogP contribution in [0.3, 0.4) is 0 Å². The van der Waals surface area contributed by atoms with Crippen molar-refractivity contribution in [1.82, 2.24) is 25.0 Å². The zero-order valence-corrected chi connectivity index (χ0v) is 17.8. The smallest absolute Gasteiger partial charge is 0.316 e. The summed E-state index contributed by atoms with van der Waals surface area (Å²) in [5, 5.41) is 11.3. The molecule has 0 aliphatic carbocycles. The second kappa shape index (κ2) is 7.47. The second-order valence-electron chi connectivity index (χ2n) is 8.62. The van der Waals surface area contributed by atoms with Crippen LogP contribution in [-0.4, -0.2) is 62.9 Å². The summed E-state index contributed by atoms with van der Waals surface area (Å²) in [5.74, 6) is 0. The highest BCUT2D eigenvalue weighted by atomic mass is 19.4. The lowest BCUT2D eigenvalue weighted by atomic mass is 10.0. The fraction of sp³-hybridized carbons (Fsp3) is 0.409. The van der Waals surface area contributed by atoms with Crippen LogP contribution in [0.25, 0.3) is 22.2 Å². The minimum absolute atomic E-state index is 0.219. The molecule has 0 unspecified atom stereocenters. The van der Waals surface area contributed by atoms with Crippen LogP contribution in [-0.2, 0) is 6.54 Å². The topological polar surface area (TPSA) is 77.2 Å². The number of nitrogens with zero attached hydrogens (tertiary/aromatic N) is 4. The highest BCUT2D eigenvalue weighted by Crippen LogP contribution is 2.35. The number of aromatic nitrogens is 3. The molecule has 2 aliphatic rings. The molecule has 0 radical (unpaired) electrons. The van der Waals surface area contributed by atoms with E-state index in [0.29, 0.717) is 25.2 Å². The molecule has 2 aliphatic heterocycles. The quantitative estimate of drug-likeness (QED) is 0.634. The average molecular weight is 444 g/mol. The molecular formula is C22H23F3N6O. The van der Waals surface area contributed by atoms with E-state index in [-0.39, 0.29) is 18.6 Å². The van der Waals surface area contributed by atoms with Crippen LogP contribution < -0.4 is 5.32 Å². The molecule has 2 amide bonds. The molecule has 1 atom stereocenters. The number of benzene rings is 1. The number of alkyl halides is 3. The summed E-state index contributed by atoms with van der Waals surface area (Å²) in [7, 11) is 0. The summed E-state index contributed by atoms with van der Waals surface area (Å²) >= 11 is 0. The van der Waals surface area contributed by atoms with Gasteiger partial charge in [-0.3, -0.25) is 15.0 Å².